The number of hydrogen-bond donors (Lipinski definition) is 1. The van der Waals surface area contributed by atoms with Gasteiger partial charge in [-0.25, -0.2) is 0 Å². The summed E-state index contributed by atoms with van der Waals surface area (Å²) in [7, 11) is 2.04. The van der Waals surface area contributed by atoms with Crippen molar-refractivity contribution >= 4 is 15.9 Å². The SMILES string of the molecule is CNC(c1cc(C)cc(Br)c1)C1CCc2cccnc21. The Morgan fingerprint density at radius 2 is 2.20 bits per heavy atom. The van der Waals surface area contributed by atoms with Gasteiger partial charge in [0.1, 0.15) is 0 Å². The molecule has 3 rings (SSSR count). The number of nitrogens with one attached hydrogen (secondary N) is 1. The molecule has 1 heterocycles. The molecule has 0 spiro atoms. The predicted octanol–water partition coefficient (Wildman–Crippen LogP) is 4.14. The van der Waals surface area contributed by atoms with E-state index in [-0.39, 0.29) is 0 Å². The van der Waals surface area contributed by atoms with Crippen LogP contribution in [0.15, 0.2) is 41.0 Å². The second-order valence-corrected chi connectivity index (χ2v) is 6.44. The number of halogens is 1. The molecule has 0 amide bonds. The number of fused-ring (bicyclic) bond motifs is 1. The van der Waals surface area contributed by atoms with E-state index in [0.717, 1.165) is 10.9 Å². The maximum absolute atomic E-state index is 4.63. The average molecular weight is 331 g/mol. The fraction of sp³-hybridized carbons (Fsp3) is 0.353. The number of pyridine rings is 1. The standard InChI is InChI=1S/C17H19BrN2/c1-11-8-13(10-14(18)9-11)16(19-2)15-6-5-12-4-3-7-20-17(12)15/h3-4,7-10,15-16,19H,5-6H2,1-2H3. The summed E-state index contributed by atoms with van der Waals surface area (Å²) in [5.74, 6) is 0.463. The van der Waals surface area contributed by atoms with Crippen LogP contribution < -0.4 is 5.32 Å². The van der Waals surface area contributed by atoms with Gasteiger partial charge in [-0.2, -0.15) is 0 Å². The molecule has 2 atom stereocenters. The zero-order valence-corrected chi connectivity index (χ0v) is 13.4. The van der Waals surface area contributed by atoms with Gasteiger partial charge in [0.15, 0.2) is 0 Å². The number of benzene rings is 1. The molecule has 0 saturated heterocycles. The third-order valence-corrected chi connectivity index (χ3v) is 4.60. The molecule has 1 aliphatic carbocycles. The third kappa shape index (κ3) is 2.52. The highest BCUT2D eigenvalue weighted by atomic mass is 79.9. The highest BCUT2D eigenvalue weighted by molar-refractivity contribution is 9.10. The van der Waals surface area contributed by atoms with Crippen molar-refractivity contribution < 1.29 is 0 Å². The van der Waals surface area contributed by atoms with Crippen molar-refractivity contribution in [3.8, 4) is 0 Å². The van der Waals surface area contributed by atoms with E-state index >= 15 is 0 Å². The zero-order valence-electron chi connectivity index (χ0n) is 11.9. The summed E-state index contributed by atoms with van der Waals surface area (Å²) in [5.41, 5.74) is 5.30. The second-order valence-electron chi connectivity index (χ2n) is 5.52. The van der Waals surface area contributed by atoms with Crippen LogP contribution in [0.3, 0.4) is 0 Å². The Morgan fingerprint density at radius 1 is 1.35 bits per heavy atom. The van der Waals surface area contributed by atoms with Crippen molar-refractivity contribution in [1.29, 1.82) is 0 Å². The van der Waals surface area contributed by atoms with Gasteiger partial charge in [0, 0.05) is 28.3 Å². The van der Waals surface area contributed by atoms with Crippen molar-refractivity contribution in [1.82, 2.24) is 10.3 Å². The van der Waals surface area contributed by atoms with Crippen molar-refractivity contribution in [2.24, 2.45) is 0 Å². The fourth-order valence-corrected chi connectivity index (χ4v) is 3.94. The average Bonchev–Trinajstić information content (AvgIpc) is 2.83. The monoisotopic (exact) mass is 330 g/mol. The largest absolute Gasteiger partial charge is 0.312 e. The minimum atomic E-state index is 0.322. The van der Waals surface area contributed by atoms with Crippen LogP contribution in [0.2, 0.25) is 0 Å². The van der Waals surface area contributed by atoms with E-state index in [4.69, 9.17) is 0 Å². The summed E-state index contributed by atoms with van der Waals surface area (Å²) in [6.45, 7) is 2.14. The highest BCUT2D eigenvalue weighted by Gasteiger charge is 2.31. The topological polar surface area (TPSA) is 24.9 Å². The molecule has 2 nitrogen and oxygen atoms in total. The molecule has 0 radical (unpaired) electrons. The Kier molecular flexibility index (Phi) is 3.90. The van der Waals surface area contributed by atoms with Crippen LogP contribution in [0.1, 0.15) is 40.8 Å². The Morgan fingerprint density at radius 3 is 2.95 bits per heavy atom. The number of likely N-dealkylation sites (N-methyl/N-ethyl adjacent to an activating group) is 1. The summed E-state index contributed by atoms with van der Waals surface area (Å²) < 4.78 is 1.15. The highest BCUT2D eigenvalue weighted by Crippen LogP contribution is 2.40. The van der Waals surface area contributed by atoms with Gasteiger partial charge in [-0.3, -0.25) is 4.98 Å². The van der Waals surface area contributed by atoms with E-state index in [1.807, 2.05) is 19.3 Å². The smallest absolute Gasteiger partial charge is 0.0485 e. The van der Waals surface area contributed by atoms with Gasteiger partial charge in [0.25, 0.3) is 0 Å². The molecule has 20 heavy (non-hydrogen) atoms. The molecule has 104 valence electrons. The van der Waals surface area contributed by atoms with Gasteiger partial charge in [-0.1, -0.05) is 28.1 Å². The van der Waals surface area contributed by atoms with Gasteiger partial charge < -0.3 is 5.32 Å². The minimum absolute atomic E-state index is 0.322. The molecule has 1 N–H and O–H groups in total. The summed E-state index contributed by atoms with van der Waals surface area (Å²) in [4.78, 5) is 4.63. The van der Waals surface area contributed by atoms with E-state index in [1.165, 1.54) is 28.8 Å². The first kappa shape index (κ1) is 13.8. The quantitative estimate of drug-likeness (QED) is 0.914. The molecule has 0 aliphatic heterocycles. The number of aryl methyl sites for hydroxylation is 2. The molecule has 1 aromatic heterocycles. The van der Waals surface area contributed by atoms with Crippen LogP contribution in [0.5, 0.6) is 0 Å². The van der Waals surface area contributed by atoms with Crippen molar-refractivity contribution in [2.75, 3.05) is 7.05 Å². The summed E-state index contributed by atoms with van der Waals surface area (Å²) in [6.07, 6.45) is 4.22. The molecule has 1 aromatic carbocycles. The summed E-state index contributed by atoms with van der Waals surface area (Å²) in [5, 5.41) is 3.49. The summed E-state index contributed by atoms with van der Waals surface area (Å²) >= 11 is 3.61. The summed E-state index contributed by atoms with van der Waals surface area (Å²) in [6, 6.07) is 11.2. The van der Waals surface area contributed by atoms with Gasteiger partial charge in [-0.15, -0.1) is 0 Å². The van der Waals surface area contributed by atoms with Crippen LogP contribution in [0, 0.1) is 6.92 Å². The van der Waals surface area contributed by atoms with Crippen molar-refractivity contribution in [2.45, 2.75) is 31.7 Å². The number of rotatable bonds is 3. The lowest BCUT2D eigenvalue weighted by molar-refractivity contribution is 0.469. The van der Waals surface area contributed by atoms with E-state index in [9.17, 15) is 0 Å². The van der Waals surface area contributed by atoms with Gasteiger partial charge in [0.2, 0.25) is 0 Å². The molecule has 2 aromatic rings. The fourth-order valence-electron chi connectivity index (χ4n) is 3.31. The van der Waals surface area contributed by atoms with Crippen LogP contribution in [0.25, 0.3) is 0 Å². The molecule has 0 saturated carbocycles. The lowest BCUT2D eigenvalue weighted by Gasteiger charge is -2.24. The van der Waals surface area contributed by atoms with Crippen LogP contribution in [-0.4, -0.2) is 12.0 Å². The first-order valence-corrected chi connectivity index (χ1v) is 7.86. The van der Waals surface area contributed by atoms with E-state index in [1.54, 1.807) is 0 Å². The lowest BCUT2D eigenvalue weighted by atomic mass is 9.90. The zero-order chi connectivity index (χ0) is 14.1. The molecular weight excluding hydrogens is 312 g/mol. The van der Waals surface area contributed by atoms with Crippen molar-refractivity contribution in [3.63, 3.8) is 0 Å². The number of aromatic nitrogens is 1. The van der Waals surface area contributed by atoms with Crippen molar-refractivity contribution in [3.05, 3.63) is 63.4 Å². The molecular formula is C17H19BrN2. The van der Waals surface area contributed by atoms with Crippen LogP contribution in [-0.2, 0) is 6.42 Å². The van der Waals surface area contributed by atoms with E-state index in [0.29, 0.717) is 12.0 Å². The normalized spacial score (nSPS) is 18.9. The van der Waals surface area contributed by atoms with Gasteiger partial charge in [0.05, 0.1) is 0 Å². The minimum Gasteiger partial charge on any atom is -0.312 e. The third-order valence-electron chi connectivity index (χ3n) is 4.14. The van der Waals surface area contributed by atoms with Crippen LogP contribution >= 0.6 is 15.9 Å². The predicted molar refractivity (Wildman–Crippen MR) is 86.0 cm³/mol. The lowest BCUT2D eigenvalue weighted by Crippen LogP contribution is -2.23. The van der Waals surface area contributed by atoms with Gasteiger partial charge >= 0.3 is 0 Å². The van der Waals surface area contributed by atoms with Crippen LogP contribution in [0.4, 0.5) is 0 Å². The molecule has 0 fully saturated rings. The Bertz CT molecular complexity index is 604. The maximum Gasteiger partial charge on any atom is 0.0485 e. The Hall–Kier alpha value is -1.19. The maximum atomic E-state index is 4.63. The molecule has 0 bridgehead atoms. The number of nitrogens with zero attached hydrogens (tertiary/aromatic N) is 1. The van der Waals surface area contributed by atoms with E-state index < -0.39 is 0 Å². The molecule has 3 heteroatoms. The molecule has 1 aliphatic rings. The first-order valence-electron chi connectivity index (χ1n) is 7.07. The first-order chi connectivity index (χ1) is 9.69. The number of hydrogen-bond acceptors (Lipinski definition) is 2. The second kappa shape index (κ2) is 5.66. The van der Waals surface area contributed by atoms with E-state index in [2.05, 4.69) is 57.4 Å². The Labute approximate surface area is 128 Å². The molecule has 2 unspecified atom stereocenters. The van der Waals surface area contributed by atoms with Gasteiger partial charge in [-0.05, 0) is 61.7 Å². The Balaban J connectivity index is 1.99.